The summed E-state index contributed by atoms with van der Waals surface area (Å²) >= 11 is 0. The minimum absolute atomic E-state index is 0.192. The molecule has 3 atom stereocenters. The van der Waals surface area contributed by atoms with E-state index in [0.717, 1.165) is 17.7 Å². The summed E-state index contributed by atoms with van der Waals surface area (Å²) in [6.07, 6.45) is 5.40. The van der Waals surface area contributed by atoms with Gasteiger partial charge in [-0.3, -0.25) is 4.72 Å². The average molecular weight is 447 g/mol. The maximum atomic E-state index is 13.1. The van der Waals surface area contributed by atoms with Crippen molar-refractivity contribution in [2.24, 2.45) is 5.92 Å². The molecule has 6 heteroatoms. The molecular formula is C26H26N2O3S. The third-order valence-corrected chi connectivity index (χ3v) is 7.60. The topological polar surface area (TPSA) is 67.4 Å². The first-order valence-electron chi connectivity index (χ1n) is 10.9. The van der Waals surface area contributed by atoms with Crippen LogP contribution in [-0.2, 0) is 10.0 Å². The molecule has 2 aliphatic rings. The fraction of sp³-hybridized carbons (Fsp3) is 0.231. The highest BCUT2D eigenvalue weighted by atomic mass is 32.2. The van der Waals surface area contributed by atoms with Crippen molar-refractivity contribution in [3.8, 4) is 5.75 Å². The van der Waals surface area contributed by atoms with E-state index in [-0.39, 0.29) is 16.9 Å². The average Bonchev–Trinajstić information content (AvgIpc) is 3.30. The van der Waals surface area contributed by atoms with Gasteiger partial charge in [-0.2, -0.15) is 0 Å². The van der Waals surface area contributed by atoms with Gasteiger partial charge >= 0.3 is 0 Å². The number of hydrogen-bond donors (Lipinski definition) is 2. The minimum atomic E-state index is -3.71. The van der Waals surface area contributed by atoms with E-state index in [0.29, 0.717) is 24.0 Å². The zero-order valence-corrected chi connectivity index (χ0v) is 18.7. The Labute approximate surface area is 189 Å². The quantitative estimate of drug-likeness (QED) is 0.476. The number of rotatable bonds is 6. The zero-order valence-electron chi connectivity index (χ0n) is 17.9. The number of allylic oxidation sites excluding steroid dienone is 2. The van der Waals surface area contributed by atoms with Crippen LogP contribution in [0.3, 0.4) is 0 Å². The van der Waals surface area contributed by atoms with Crippen LogP contribution in [0.4, 0.5) is 11.4 Å². The van der Waals surface area contributed by atoms with Crippen LogP contribution in [0, 0.1) is 5.92 Å². The molecule has 32 heavy (non-hydrogen) atoms. The monoisotopic (exact) mass is 446 g/mol. The van der Waals surface area contributed by atoms with E-state index in [1.54, 1.807) is 30.3 Å². The lowest BCUT2D eigenvalue weighted by Crippen LogP contribution is -2.29. The van der Waals surface area contributed by atoms with Crippen molar-refractivity contribution < 1.29 is 13.2 Å². The van der Waals surface area contributed by atoms with Crippen molar-refractivity contribution in [3.05, 3.63) is 96.1 Å². The van der Waals surface area contributed by atoms with Gasteiger partial charge < -0.3 is 10.1 Å². The second-order valence-corrected chi connectivity index (χ2v) is 9.88. The van der Waals surface area contributed by atoms with Crippen molar-refractivity contribution in [2.75, 3.05) is 16.6 Å². The molecule has 0 radical (unpaired) electrons. The van der Waals surface area contributed by atoms with Gasteiger partial charge in [-0.25, -0.2) is 8.42 Å². The van der Waals surface area contributed by atoms with E-state index < -0.39 is 10.0 Å². The highest BCUT2D eigenvalue weighted by Crippen LogP contribution is 2.50. The lowest BCUT2D eigenvalue weighted by molar-refractivity contribution is 0.340. The van der Waals surface area contributed by atoms with Crippen LogP contribution < -0.4 is 14.8 Å². The molecule has 0 fully saturated rings. The molecule has 5 rings (SSSR count). The Bertz CT molecular complexity index is 1240. The fourth-order valence-electron chi connectivity index (χ4n) is 4.73. The van der Waals surface area contributed by atoms with Crippen LogP contribution in [-0.4, -0.2) is 15.0 Å². The summed E-state index contributed by atoms with van der Waals surface area (Å²) in [4.78, 5) is 0.268. The minimum Gasteiger partial charge on any atom is -0.494 e. The third-order valence-electron chi connectivity index (χ3n) is 6.22. The Morgan fingerprint density at radius 1 is 1.03 bits per heavy atom. The number of benzene rings is 3. The molecule has 2 N–H and O–H groups in total. The van der Waals surface area contributed by atoms with Crippen molar-refractivity contribution in [3.63, 3.8) is 0 Å². The van der Waals surface area contributed by atoms with Crippen LogP contribution in [0.15, 0.2) is 89.8 Å². The summed E-state index contributed by atoms with van der Waals surface area (Å²) in [6, 6.07) is 23.0. The number of anilines is 2. The Hall–Kier alpha value is -3.25. The molecule has 3 aromatic carbocycles. The number of nitrogens with one attached hydrogen (secondary N) is 2. The number of ether oxygens (including phenoxy) is 1. The van der Waals surface area contributed by atoms with E-state index in [2.05, 4.69) is 46.5 Å². The second-order valence-electron chi connectivity index (χ2n) is 8.20. The zero-order chi connectivity index (χ0) is 22.1. The molecular weight excluding hydrogens is 420 g/mol. The van der Waals surface area contributed by atoms with Gasteiger partial charge in [0.1, 0.15) is 5.75 Å². The van der Waals surface area contributed by atoms with Crippen LogP contribution >= 0.6 is 0 Å². The van der Waals surface area contributed by atoms with Crippen molar-refractivity contribution in [1.29, 1.82) is 0 Å². The molecule has 1 aliphatic carbocycles. The molecule has 0 aromatic heterocycles. The molecule has 5 nitrogen and oxygen atoms in total. The Morgan fingerprint density at radius 2 is 1.81 bits per heavy atom. The largest absolute Gasteiger partial charge is 0.494 e. The van der Waals surface area contributed by atoms with Gasteiger partial charge in [-0.1, -0.05) is 42.5 Å². The van der Waals surface area contributed by atoms with Crippen LogP contribution in [0.25, 0.3) is 0 Å². The highest BCUT2D eigenvalue weighted by molar-refractivity contribution is 7.92. The van der Waals surface area contributed by atoms with Gasteiger partial charge in [0.25, 0.3) is 10.0 Å². The molecule has 164 valence electrons. The summed E-state index contributed by atoms with van der Waals surface area (Å²) in [5, 5.41) is 3.66. The van der Waals surface area contributed by atoms with E-state index in [4.69, 9.17) is 4.74 Å². The standard InChI is InChI=1S/C26H26N2O3S/c1-2-31-20-13-11-19(12-14-20)28-32(29,30)21-15-16-25-24(17-21)22-9-6-10-23(22)26(27-25)18-7-4-3-5-8-18/h3-9,11-17,22-23,26-28H,2,10H2,1H3/t22-,23+,26+/m0/s1. The van der Waals surface area contributed by atoms with Crippen molar-refractivity contribution in [1.82, 2.24) is 0 Å². The first-order valence-corrected chi connectivity index (χ1v) is 12.4. The fourth-order valence-corrected chi connectivity index (χ4v) is 5.82. The predicted octanol–water partition coefficient (Wildman–Crippen LogP) is 5.71. The van der Waals surface area contributed by atoms with E-state index in [1.807, 2.05) is 25.1 Å². The molecule has 0 spiro atoms. The second kappa shape index (κ2) is 8.36. The number of fused-ring (bicyclic) bond motifs is 3. The normalized spacial score (nSPS) is 21.3. The smallest absolute Gasteiger partial charge is 0.261 e. The molecule has 1 heterocycles. The van der Waals surface area contributed by atoms with E-state index in [9.17, 15) is 8.42 Å². The van der Waals surface area contributed by atoms with Gasteiger partial charge in [0.05, 0.1) is 17.5 Å². The first kappa shape index (κ1) is 20.6. The predicted molar refractivity (Wildman–Crippen MR) is 128 cm³/mol. The molecule has 0 saturated carbocycles. The lowest BCUT2D eigenvalue weighted by atomic mass is 9.77. The van der Waals surface area contributed by atoms with E-state index in [1.165, 1.54) is 5.56 Å². The van der Waals surface area contributed by atoms with Gasteiger partial charge in [-0.15, -0.1) is 0 Å². The Balaban J connectivity index is 1.43. The van der Waals surface area contributed by atoms with Gasteiger partial charge in [0.15, 0.2) is 0 Å². The van der Waals surface area contributed by atoms with E-state index >= 15 is 0 Å². The van der Waals surface area contributed by atoms with Gasteiger partial charge in [0.2, 0.25) is 0 Å². The maximum Gasteiger partial charge on any atom is 0.261 e. The Kier molecular flexibility index (Phi) is 5.39. The van der Waals surface area contributed by atoms with Crippen molar-refractivity contribution in [2.45, 2.75) is 30.2 Å². The van der Waals surface area contributed by atoms with Gasteiger partial charge in [-0.05, 0) is 72.9 Å². The summed E-state index contributed by atoms with van der Waals surface area (Å²) in [5.41, 5.74) is 3.79. The lowest BCUT2D eigenvalue weighted by Gasteiger charge is -2.37. The molecule has 3 aromatic rings. The summed E-state index contributed by atoms with van der Waals surface area (Å²) < 4.78 is 34.3. The van der Waals surface area contributed by atoms with Crippen molar-refractivity contribution >= 4 is 21.4 Å². The third kappa shape index (κ3) is 3.86. The number of hydrogen-bond acceptors (Lipinski definition) is 4. The van der Waals surface area contributed by atoms with Crippen LogP contribution in [0.2, 0.25) is 0 Å². The molecule has 1 aliphatic heterocycles. The van der Waals surface area contributed by atoms with Crippen LogP contribution in [0.1, 0.15) is 36.4 Å². The molecule has 0 unspecified atom stereocenters. The first-order chi connectivity index (χ1) is 15.5. The molecule has 0 amide bonds. The van der Waals surface area contributed by atoms with Crippen LogP contribution in [0.5, 0.6) is 5.75 Å². The SMILES string of the molecule is CCOc1ccc(NS(=O)(=O)c2ccc3c(c2)[C@H]2C=CC[C@H]2[C@@H](c2ccccc2)N3)cc1. The Morgan fingerprint density at radius 3 is 2.56 bits per heavy atom. The molecule has 0 bridgehead atoms. The maximum absolute atomic E-state index is 13.1. The highest BCUT2D eigenvalue weighted by Gasteiger charge is 2.38. The van der Waals surface area contributed by atoms with Gasteiger partial charge in [0, 0.05) is 17.3 Å². The summed E-state index contributed by atoms with van der Waals surface area (Å²) in [5.74, 6) is 1.27. The molecule has 0 saturated heterocycles. The summed E-state index contributed by atoms with van der Waals surface area (Å²) in [7, 11) is -3.71. The summed E-state index contributed by atoms with van der Waals surface area (Å²) in [6.45, 7) is 2.48. The number of sulfonamides is 1.